The average molecular weight is 564 g/mol. The molecule has 0 aliphatic carbocycles. The zero-order valence-corrected chi connectivity index (χ0v) is 21.4. The number of carbonyl (C=O) groups excluding carboxylic acids is 1. The Labute approximate surface area is 218 Å². The Hall–Kier alpha value is -4.00. The van der Waals surface area contributed by atoms with Crippen LogP contribution < -0.4 is 24.8 Å². The molecular weight excluding hydrogens is 545 g/mol. The predicted octanol–water partition coefficient (Wildman–Crippen LogP) is 4.34. The van der Waals surface area contributed by atoms with Gasteiger partial charge in [-0.05, 0) is 67.6 Å². The van der Waals surface area contributed by atoms with Crippen LogP contribution in [0.5, 0.6) is 5.75 Å². The van der Waals surface area contributed by atoms with E-state index in [2.05, 4.69) is 21.2 Å². The first-order valence-corrected chi connectivity index (χ1v) is 12.4. The van der Waals surface area contributed by atoms with Crippen molar-refractivity contribution in [1.29, 1.82) is 5.26 Å². The highest BCUT2D eigenvalue weighted by Gasteiger charge is 2.17. The molecule has 180 valence electrons. The maximum atomic E-state index is 13.6. The topological polar surface area (TPSA) is 84.1 Å². The zero-order chi connectivity index (χ0) is 25.7. The molecule has 1 N–H and O–H groups in total. The number of carbonyl (C=O) groups is 1. The summed E-state index contributed by atoms with van der Waals surface area (Å²) >= 11 is 4.47. The number of amides is 1. The molecular formula is C27H19BrFN3O3S. The van der Waals surface area contributed by atoms with E-state index in [4.69, 9.17) is 4.74 Å². The lowest BCUT2D eigenvalue weighted by atomic mass is 10.2. The van der Waals surface area contributed by atoms with Crippen molar-refractivity contribution in [2.24, 2.45) is 0 Å². The second-order valence-electron chi connectivity index (χ2n) is 7.45. The Morgan fingerprint density at radius 1 is 1.17 bits per heavy atom. The van der Waals surface area contributed by atoms with Gasteiger partial charge in [0.15, 0.2) is 5.57 Å². The Balaban J connectivity index is 1.96. The highest BCUT2D eigenvalue weighted by molar-refractivity contribution is 9.10. The molecule has 0 unspecified atom stereocenters. The second kappa shape index (κ2) is 11.2. The molecule has 1 amide bonds. The van der Waals surface area contributed by atoms with Crippen molar-refractivity contribution in [2.75, 3.05) is 11.9 Å². The van der Waals surface area contributed by atoms with Crippen molar-refractivity contribution >= 4 is 50.5 Å². The largest absolute Gasteiger partial charge is 0.493 e. The lowest BCUT2D eigenvalue weighted by Crippen LogP contribution is -2.32. The summed E-state index contributed by atoms with van der Waals surface area (Å²) < 4.78 is 21.6. The fourth-order valence-corrected chi connectivity index (χ4v) is 4.92. The molecule has 0 fully saturated rings. The highest BCUT2D eigenvalue weighted by atomic mass is 79.9. The van der Waals surface area contributed by atoms with Gasteiger partial charge >= 0.3 is 0 Å². The third kappa shape index (κ3) is 5.46. The van der Waals surface area contributed by atoms with Gasteiger partial charge in [0.1, 0.15) is 22.3 Å². The van der Waals surface area contributed by atoms with Gasteiger partial charge in [-0.2, -0.15) is 5.26 Å². The van der Waals surface area contributed by atoms with E-state index in [1.807, 2.05) is 25.1 Å². The van der Waals surface area contributed by atoms with Crippen molar-refractivity contribution in [3.05, 3.63) is 108 Å². The SMILES string of the molecule is CCOc1ccc(Br)cc1/C=c1/s/c(=C(\C#N)C(=O)Nc2ccc(F)cc2)n(-c2ccccc2)c1=O. The molecule has 3 aromatic carbocycles. The molecule has 0 spiro atoms. The van der Waals surface area contributed by atoms with Crippen LogP contribution >= 0.6 is 27.3 Å². The minimum Gasteiger partial charge on any atom is -0.493 e. The first-order chi connectivity index (χ1) is 17.4. The van der Waals surface area contributed by atoms with Crippen LogP contribution in [-0.4, -0.2) is 17.1 Å². The van der Waals surface area contributed by atoms with Crippen LogP contribution in [0.2, 0.25) is 0 Å². The number of anilines is 1. The van der Waals surface area contributed by atoms with E-state index >= 15 is 0 Å². The van der Waals surface area contributed by atoms with Crippen LogP contribution in [0.3, 0.4) is 0 Å². The number of aromatic nitrogens is 1. The number of hydrogen-bond donors (Lipinski definition) is 1. The second-order valence-corrected chi connectivity index (χ2v) is 9.40. The maximum Gasteiger partial charge on any atom is 0.273 e. The van der Waals surface area contributed by atoms with Crippen molar-refractivity contribution in [3.63, 3.8) is 0 Å². The summed E-state index contributed by atoms with van der Waals surface area (Å²) in [5.74, 6) is -0.563. The minimum absolute atomic E-state index is 0.174. The molecule has 36 heavy (non-hydrogen) atoms. The lowest BCUT2D eigenvalue weighted by Gasteiger charge is -2.06. The van der Waals surface area contributed by atoms with Crippen molar-refractivity contribution in [2.45, 2.75) is 6.92 Å². The van der Waals surface area contributed by atoms with Gasteiger partial charge in [-0.25, -0.2) is 4.39 Å². The Kier molecular flexibility index (Phi) is 7.78. The van der Waals surface area contributed by atoms with E-state index in [9.17, 15) is 19.2 Å². The van der Waals surface area contributed by atoms with E-state index in [0.717, 1.165) is 15.8 Å². The molecule has 0 aliphatic rings. The number of nitriles is 1. The van der Waals surface area contributed by atoms with E-state index in [-0.39, 0.29) is 15.8 Å². The number of rotatable bonds is 6. The highest BCUT2D eigenvalue weighted by Crippen LogP contribution is 2.24. The van der Waals surface area contributed by atoms with Gasteiger partial charge in [-0.1, -0.05) is 34.1 Å². The summed E-state index contributed by atoms with van der Waals surface area (Å²) in [6, 6.07) is 21.4. The molecule has 0 bridgehead atoms. The van der Waals surface area contributed by atoms with E-state index in [0.29, 0.717) is 33.8 Å². The Bertz CT molecular complexity index is 1640. The molecule has 1 heterocycles. The van der Waals surface area contributed by atoms with Crippen LogP contribution in [0.4, 0.5) is 10.1 Å². The number of hydrogen-bond acceptors (Lipinski definition) is 5. The monoisotopic (exact) mass is 563 g/mol. The summed E-state index contributed by atoms with van der Waals surface area (Å²) in [6.07, 6.45) is 1.68. The number of benzene rings is 3. The first kappa shape index (κ1) is 25.1. The van der Waals surface area contributed by atoms with Gasteiger partial charge < -0.3 is 10.1 Å². The maximum absolute atomic E-state index is 13.6. The van der Waals surface area contributed by atoms with Crippen LogP contribution in [0, 0.1) is 17.1 Å². The fourth-order valence-electron chi connectivity index (χ4n) is 3.44. The summed E-state index contributed by atoms with van der Waals surface area (Å²) in [5, 5.41) is 12.5. The smallest absolute Gasteiger partial charge is 0.273 e. The Morgan fingerprint density at radius 3 is 2.56 bits per heavy atom. The summed E-state index contributed by atoms with van der Waals surface area (Å²) in [6.45, 7) is 2.31. The number of halogens is 2. The van der Waals surface area contributed by atoms with E-state index in [1.54, 1.807) is 42.5 Å². The van der Waals surface area contributed by atoms with E-state index < -0.39 is 11.7 Å². The number of nitrogens with one attached hydrogen (secondary N) is 1. The molecule has 0 aliphatic heterocycles. The normalized spacial score (nSPS) is 12.1. The minimum atomic E-state index is -0.709. The summed E-state index contributed by atoms with van der Waals surface area (Å²) in [7, 11) is 0. The van der Waals surface area contributed by atoms with Gasteiger partial charge in [0, 0.05) is 15.7 Å². The van der Waals surface area contributed by atoms with Crippen molar-refractivity contribution in [3.8, 4) is 17.5 Å². The van der Waals surface area contributed by atoms with Gasteiger partial charge in [0.2, 0.25) is 0 Å². The molecule has 1 aromatic heterocycles. The molecule has 0 saturated heterocycles. The third-order valence-electron chi connectivity index (χ3n) is 5.05. The molecule has 0 atom stereocenters. The van der Waals surface area contributed by atoms with Crippen LogP contribution in [0.25, 0.3) is 17.3 Å². The van der Waals surface area contributed by atoms with Crippen LogP contribution in [0.1, 0.15) is 12.5 Å². The average Bonchev–Trinajstić information content (AvgIpc) is 3.18. The number of nitrogens with zero attached hydrogens (tertiary/aromatic N) is 2. The van der Waals surface area contributed by atoms with Crippen LogP contribution in [0.15, 0.2) is 82.1 Å². The summed E-state index contributed by atoms with van der Waals surface area (Å²) in [4.78, 5) is 26.6. The molecule has 6 nitrogen and oxygen atoms in total. The molecule has 4 rings (SSSR count). The zero-order valence-electron chi connectivity index (χ0n) is 19.0. The van der Waals surface area contributed by atoms with Gasteiger partial charge in [-0.3, -0.25) is 14.2 Å². The van der Waals surface area contributed by atoms with Gasteiger partial charge in [0.25, 0.3) is 11.5 Å². The van der Waals surface area contributed by atoms with Crippen molar-refractivity contribution < 1.29 is 13.9 Å². The standard InChI is InChI=1S/C27H19BrFN3O3S/c1-2-35-23-13-8-18(28)14-17(23)15-24-26(34)32(21-6-4-3-5-7-21)27(36-24)22(16-30)25(33)31-20-11-9-19(29)10-12-20/h3-15H,2H2,1H3,(H,31,33)/b24-15+,27-22+. The molecule has 4 aromatic rings. The van der Waals surface area contributed by atoms with Crippen molar-refractivity contribution in [1.82, 2.24) is 4.57 Å². The number of para-hydroxylation sites is 1. The van der Waals surface area contributed by atoms with E-state index in [1.165, 1.54) is 28.8 Å². The van der Waals surface area contributed by atoms with Gasteiger partial charge in [-0.15, -0.1) is 11.3 Å². The first-order valence-electron chi connectivity index (χ1n) is 10.8. The quantitative estimate of drug-likeness (QED) is 0.378. The third-order valence-corrected chi connectivity index (χ3v) is 6.64. The Morgan fingerprint density at radius 2 is 1.89 bits per heavy atom. The molecule has 0 saturated carbocycles. The summed E-state index contributed by atoms with van der Waals surface area (Å²) in [5.41, 5.74) is 0.873. The molecule has 0 radical (unpaired) electrons. The predicted molar refractivity (Wildman–Crippen MR) is 142 cm³/mol. The van der Waals surface area contributed by atoms with Crippen LogP contribution in [-0.2, 0) is 4.79 Å². The lowest BCUT2D eigenvalue weighted by molar-refractivity contribution is -0.111. The fraction of sp³-hybridized carbons (Fsp3) is 0.0741. The molecule has 9 heteroatoms. The number of ether oxygens (including phenoxy) is 1. The number of thiazole rings is 1. The van der Waals surface area contributed by atoms with Gasteiger partial charge in [0.05, 0.1) is 16.8 Å².